The molecule has 2 aromatic carbocycles. The standard InChI is InChI=1S/C21H26N2O/c24-19-6-7-20-18(16-19)8-12-22-21(20)10-14-23(15-11-21)13-9-17-4-2-1-3-5-17/h1-7,16,22,24H,8-15H2. The van der Waals surface area contributed by atoms with Gasteiger partial charge in [0.2, 0.25) is 0 Å². The Morgan fingerprint density at radius 2 is 1.83 bits per heavy atom. The molecule has 1 spiro atoms. The van der Waals surface area contributed by atoms with Gasteiger partial charge in [0.25, 0.3) is 0 Å². The Labute approximate surface area is 144 Å². The van der Waals surface area contributed by atoms with Gasteiger partial charge in [-0.2, -0.15) is 0 Å². The van der Waals surface area contributed by atoms with E-state index in [1.54, 1.807) is 0 Å². The Kier molecular flexibility index (Phi) is 4.30. The van der Waals surface area contributed by atoms with Gasteiger partial charge in [0.05, 0.1) is 0 Å². The van der Waals surface area contributed by atoms with Gasteiger partial charge in [-0.15, -0.1) is 0 Å². The number of rotatable bonds is 3. The van der Waals surface area contributed by atoms with Crippen molar-refractivity contribution in [3.8, 4) is 5.75 Å². The minimum absolute atomic E-state index is 0.116. The van der Waals surface area contributed by atoms with E-state index in [0.717, 1.165) is 51.9 Å². The van der Waals surface area contributed by atoms with Crippen molar-refractivity contribution in [1.82, 2.24) is 10.2 Å². The molecule has 1 fully saturated rings. The maximum Gasteiger partial charge on any atom is 0.115 e. The molecule has 0 aliphatic carbocycles. The molecule has 0 radical (unpaired) electrons. The van der Waals surface area contributed by atoms with E-state index in [2.05, 4.69) is 46.6 Å². The van der Waals surface area contributed by atoms with E-state index < -0.39 is 0 Å². The van der Waals surface area contributed by atoms with Crippen molar-refractivity contribution >= 4 is 0 Å². The van der Waals surface area contributed by atoms with Crippen molar-refractivity contribution in [1.29, 1.82) is 0 Å². The summed E-state index contributed by atoms with van der Waals surface area (Å²) in [7, 11) is 0. The van der Waals surface area contributed by atoms with Gasteiger partial charge in [-0.1, -0.05) is 36.4 Å². The highest BCUT2D eigenvalue weighted by molar-refractivity contribution is 5.41. The molecule has 2 N–H and O–H groups in total. The number of nitrogens with zero attached hydrogens (tertiary/aromatic N) is 1. The molecular formula is C21H26N2O. The zero-order chi connectivity index (χ0) is 16.4. The Morgan fingerprint density at radius 3 is 2.62 bits per heavy atom. The number of phenols is 1. The molecule has 2 aromatic rings. The molecule has 4 rings (SSSR count). The van der Waals surface area contributed by atoms with Crippen LogP contribution in [0.2, 0.25) is 0 Å². The summed E-state index contributed by atoms with van der Waals surface area (Å²) >= 11 is 0. The van der Waals surface area contributed by atoms with Crippen LogP contribution in [0.4, 0.5) is 0 Å². The summed E-state index contributed by atoms with van der Waals surface area (Å²) in [5, 5.41) is 13.6. The second kappa shape index (κ2) is 6.58. The molecule has 2 heterocycles. The number of hydrogen-bond donors (Lipinski definition) is 2. The van der Waals surface area contributed by atoms with Crippen LogP contribution in [0.3, 0.4) is 0 Å². The van der Waals surface area contributed by atoms with Gasteiger partial charge in [-0.3, -0.25) is 0 Å². The lowest BCUT2D eigenvalue weighted by molar-refractivity contribution is 0.130. The average molecular weight is 322 g/mol. The third kappa shape index (κ3) is 3.06. The Bertz CT molecular complexity index is 690. The molecule has 0 atom stereocenters. The van der Waals surface area contributed by atoms with E-state index in [4.69, 9.17) is 0 Å². The first-order valence-electron chi connectivity index (χ1n) is 9.09. The van der Waals surface area contributed by atoms with Crippen LogP contribution in [0.5, 0.6) is 5.75 Å². The predicted molar refractivity (Wildman–Crippen MR) is 97.3 cm³/mol. The third-order valence-corrected chi connectivity index (χ3v) is 5.73. The summed E-state index contributed by atoms with van der Waals surface area (Å²) in [6, 6.07) is 16.7. The monoisotopic (exact) mass is 322 g/mol. The number of fused-ring (bicyclic) bond motifs is 2. The number of hydrogen-bond acceptors (Lipinski definition) is 3. The van der Waals surface area contributed by atoms with Crippen LogP contribution < -0.4 is 5.32 Å². The van der Waals surface area contributed by atoms with E-state index in [9.17, 15) is 5.11 Å². The van der Waals surface area contributed by atoms with Crippen molar-refractivity contribution in [2.75, 3.05) is 26.2 Å². The van der Waals surface area contributed by atoms with Crippen LogP contribution in [0, 0.1) is 0 Å². The zero-order valence-electron chi connectivity index (χ0n) is 14.2. The van der Waals surface area contributed by atoms with Gasteiger partial charge in [0.1, 0.15) is 5.75 Å². The van der Waals surface area contributed by atoms with E-state index >= 15 is 0 Å². The van der Waals surface area contributed by atoms with Crippen molar-refractivity contribution < 1.29 is 5.11 Å². The smallest absolute Gasteiger partial charge is 0.115 e. The zero-order valence-corrected chi connectivity index (χ0v) is 14.2. The van der Waals surface area contributed by atoms with Crippen LogP contribution in [-0.2, 0) is 18.4 Å². The maximum atomic E-state index is 9.77. The van der Waals surface area contributed by atoms with Crippen LogP contribution >= 0.6 is 0 Å². The van der Waals surface area contributed by atoms with Crippen molar-refractivity contribution in [2.24, 2.45) is 0 Å². The van der Waals surface area contributed by atoms with E-state index in [-0.39, 0.29) is 5.54 Å². The molecule has 3 nitrogen and oxygen atoms in total. The van der Waals surface area contributed by atoms with Crippen LogP contribution in [0.15, 0.2) is 48.5 Å². The normalized spacial score (nSPS) is 20.0. The first kappa shape index (κ1) is 15.7. The lowest BCUT2D eigenvalue weighted by Gasteiger charge is -2.46. The highest BCUT2D eigenvalue weighted by Crippen LogP contribution is 2.38. The van der Waals surface area contributed by atoms with Gasteiger partial charge in [0, 0.05) is 31.7 Å². The summed E-state index contributed by atoms with van der Waals surface area (Å²) in [5.41, 5.74) is 4.28. The summed E-state index contributed by atoms with van der Waals surface area (Å²) in [4.78, 5) is 2.59. The molecule has 0 amide bonds. The molecule has 24 heavy (non-hydrogen) atoms. The molecule has 0 aromatic heterocycles. The molecule has 0 unspecified atom stereocenters. The fourth-order valence-corrected chi connectivity index (χ4v) is 4.32. The van der Waals surface area contributed by atoms with Gasteiger partial charge in [-0.05, 0) is 54.5 Å². The topological polar surface area (TPSA) is 35.5 Å². The third-order valence-electron chi connectivity index (χ3n) is 5.73. The van der Waals surface area contributed by atoms with Gasteiger partial charge >= 0.3 is 0 Å². The molecule has 1 saturated heterocycles. The van der Waals surface area contributed by atoms with Crippen molar-refractivity contribution in [3.63, 3.8) is 0 Å². The molecule has 0 bridgehead atoms. The molecule has 2 aliphatic rings. The molecular weight excluding hydrogens is 296 g/mol. The van der Waals surface area contributed by atoms with Crippen LogP contribution in [0.25, 0.3) is 0 Å². The molecule has 2 aliphatic heterocycles. The fourth-order valence-electron chi connectivity index (χ4n) is 4.32. The summed E-state index contributed by atoms with van der Waals surface area (Å²) in [6.07, 6.45) is 4.45. The van der Waals surface area contributed by atoms with Crippen LogP contribution in [-0.4, -0.2) is 36.2 Å². The minimum atomic E-state index is 0.116. The lowest BCUT2D eigenvalue weighted by Crippen LogP contribution is -2.54. The van der Waals surface area contributed by atoms with Crippen LogP contribution in [0.1, 0.15) is 29.5 Å². The average Bonchev–Trinajstić information content (AvgIpc) is 2.62. The Morgan fingerprint density at radius 1 is 1.04 bits per heavy atom. The van der Waals surface area contributed by atoms with Crippen molar-refractivity contribution in [3.05, 3.63) is 65.2 Å². The van der Waals surface area contributed by atoms with E-state index in [1.807, 2.05) is 12.1 Å². The number of piperidine rings is 1. The Hall–Kier alpha value is -1.84. The SMILES string of the molecule is Oc1ccc2c(c1)CCNC21CCN(CCc2ccccc2)CC1. The van der Waals surface area contributed by atoms with Gasteiger partial charge < -0.3 is 15.3 Å². The molecule has 0 saturated carbocycles. The maximum absolute atomic E-state index is 9.77. The number of nitrogens with one attached hydrogen (secondary N) is 1. The van der Waals surface area contributed by atoms with Gasteiger partial charge in [0.15, 0.2) is 0 Å². The highest BCUT2D eigenvalue weighted by atomic mass is 16.3. The fraction of sp³-hybridized carbons (Fsp3) is 0.429. The second-order valence-corrected chi connectivity index (χ2v) is 7.18. The molecule has 3 heteroatoms. The largest absolute Gasteiger partial charge is 0.508 e. The first-order valence-corrected chi connectivity index (χ1v) is 9.09. The summed E-state index contributed by atoms with van der Waals surface area (Å²) in [6.45, 7) is 4.43. The second-order valence-electron chi connectivity index (χ2n) is 7.18. The number of phenolic OH excluding ortho intramolecular Hbond substituents is 1. The lowest BCUT2D eigenvalue weighted by atomic mass is 9.76. The number of aromatic hydroxyl groups is 1. The Balaban J connectivity index is 1.41. The molecule has 126 valence electrons. The predicted octanol–water partition coefficient (Wildman–Crippen LogP) is 3.07. The minimum Gasteiger partial charge on any atom is -0.508 e. The number of likely N-dealkylation sites (tertiary alicyclic amines) is 1. The summed E-state index contributed by atoms with van der Waals surface area (Å²) in [5.74, 6) is 0.395. The first-order chi connectivity index (χ1) is 11.8. The number of benzene rings is 2. The van der Waals surface area contributed by atoms with E-state index in [0.29, 0.717) is 5.75 Å². The quantitative estimate of drug-likeness (QED) is 0.911. The van der Waals surface area contributed by atoms with Crippen molar-refractivity contribution in [2.45, 2.75) is 31.2 Å². The summed E-state index contributed by atoms with van der Waals surface area (Å²) < 4.78 is 0. The highest BCUT2D eigenvalue weighted by Gasteiger charge is 2.39. The van der Waals surface area contributed by atoms with E-state index in [1.165, 1.54) is 16.7 Å². The van der Waals surface area contributed by atoms with Gasteiger partial charge in [-0.25, -0.2) is 0 Å².